The molecule has 2 unspecified atom stereocenters. The minimum atomic E-state index is 0.180. The first kappa shape index (κ1) is 12.1. The minimum Gasteiger partial charge on any atom is -0.342 e. The topological polar surface area (TPSA) is 64.2 Å². The third kappa shape index (κ3) is 3.06. The van der Waals surface area contributed by atoms with E-state index in [2.05, 4.69) is 5.10 Å². The van der Waals surface area contributed by atoms with Crippen LogP contribution in [0.5, 0.6) is 0 Å². The first-order chi connectivity index (χ1) is 8.16. The third-order valence-corrected chi connectivity index (χ3v) is 3.43. The molecule has 2 rings (SSSR count). The van der Waals surface area contributed by atoms with Crippen LogP contribution in [0.4, 0.5) is 0 Å². The number of hydrogen-bond donors (Lipinski definition) is 1. The number of carbonyl (C=O) groups is 1. The van der Waals surface area contributed by atoms with Crippen molar-refractivity contribution in [2.45, 2.75) is 32.4 Å². The molecule has 2 atom stereocenters. The van der Waals surface area contributed by atoms with Crippen molar-refractivity contribution in [3.05, 3.63) is 18.5 Å². The van der Waals surface area contributed by atoms with Crippen LogP contribution in [0.2, 0.25) is 0 Å². The van der Waals surface area contributed by atoms with Gasteiger partial charge in [0.2, 0.25) is 5.91 Å². The van der Waals surface area contributed by atoms with E-state index in [1.807, 2.05) is 24.1 Å². The Morgan fingerprint density at radius 2 is 2.47 bits per heavy atom. The molecule has 1 aliphatic rings. The quantitative estimate of drug-likeness (QED) is 0.826. The molecule has 0 aliphatic carbocycles. The molecule has 0 aromatic carbocycles. The lowest BCUT2D eigenvalue weighted by molar-refractivity contribution is -0.130. The molecular weight excluding hydrogens is 216 g/mol. The number of carbonyl (C=O) groups excluding carboxylic acids is 1. The molecule has 1 amide bonds. The molecule has 2 N–H and O–H groups in total. The largest absolute Gasteiger partial charge is 0.342 e. The van der Waals surface area contributed by atoms with E-state index in [4.69, 9.17) is 5.73 Å². The highest BCUT2D eigenvalue weighted by Crippen LogP contribution is 2.19. The molecule has 0 saturated carbocycles. The fourth-order valence-corrected chi connectivity index (χ4v) is 2.24. The summed E-state index contributed by atoms with van der Waals surface area (Å²) < 4.78 is 1.79. The van der Waals surface area contributed by atoms with Crippen LogP contribution in [0.3, 0.4) is 0 Å². The Kier molecular flexibility index (Phi) is 3.78. The van der Waals surface area contributed by atoms with Crippen LogP contribution < -0.4 is 5.73 Å². The van der Waals surface area contributed by atoms with Gasteiger partial charge in [-0.05, 0) is 25.3 Å². The Bertz CT molecular complexity index is 361. The summed E-state index contributed by atoms with van der Waals surface area (Å²) in [5, 5.41) is 4.08. The fraction of sp³-hybridized carbons (Fsp3) is 0.667. The van der Waals surface area contributed by atoms with E-state index >= 15 is 0 Å². The van der Waals surface area contributed by atoms with E-state index in [1.165, 1.54) is 0 Å². The Hall–Kier alpha value is -1.36. The third-order valence-electron chi connectivity index (χ3n) is 3.43. The summed E-state index contributed by atoms with van der Waals surface area (Å²) in [6, 6.07) is 2.05. The molecule has 1 aromatic rings. The number of hydrogen-bond acceptors (Lipinski definition) is 3. The Morgan fingerprint density at radius 1 is 1.65 bits per heavy atom. The zero-order valence-corrected chi connectivity index (χ0v) is 10.2. The van der Waals surface area contributed by atoms with Gasteiger partial charge in [-0.2, -0.15) is 5.10 Å². The predicted molar refractivity (Wildman–Crippen MR) is 65.2 cm³/mol. The maximum absolute atomic E-state index is 12.0. The van der Waals surface area contributed by atoms with Crippen LogP contribution in [0.1, 0.15) is 19.8 Å². The monoisotopic (exact) mass is 236 g/mol. The van der Waals surface area contributed by atoms with Gasteiger partial charge in [-0.3, -0.25) is 9.48 Å². The molecule has 1 fully saturated rings. The van der Waals surface area contributed by atoms with E-state index in [0.29, 0.717) is 18.9 Å². The van der Waals surface area contributed by atoms with Crippen molar-refractivity contribution in [1.82, 2.24) is 14.7 Å². The van der Waals surface area contributed by atoms with Crippen molar-refractivity contribution in [2.24, 2.45) is 11.7 Å². The molecule has 1 aliphatic heterocycles. The second kappa shape index (κ2) is 5.31. The highest BCUT2D eigenvalue weighted by Gasteiger charge is 2.27. The summed E-state index contributed by atoms with van der Waals surface area (Å²) in [5.74, 6) is 0.673. The van der Waals surface area contributed by atoms with Gasteiger partial charge in [-0.1, -0.05) is 0 Å². The van der Waals surface area contributed by atoms with Gasteiger partial charge < -0.3 is 10.6 Å². The summed E-state index contributed by atoms with van der Waals surface area (Å²) >= 11 is 0. The molecule has 0 radical (unpaired) electrons. The molecule has 5 heteroatoms. The normalized spacial score (nSPS) is 21.8. The standard InChI is InChI=1S/C12H20N4O/c1-10(13)11-3-7-15(9-11)12(17)4-8-16-6-2-5-14-16/h2,5-6,10-11H,3-4,7-9,13H2,1H3. The Morgan fingerprint density at radius 3 is 3.06 bits per heavy atom. The van der Waals surface area contributed by atoms with Crippen molar-refractivity contribution < 1.29 is 4.79 Å². The maximum Gasteiger partial charge on any atom is 0.224 e. The lowest BCUT2D eigenvalue weighted by Crippen LogP contribution is -2.33. The van der Waals surface area contributed by atoms with Gasteiger partial charge in [-0.15, -0.1) is 0 Å². The molecule has 94 valence electrons. The van der Waals surface area contributed by atoms with Crippen LogP contribution >= 0.6 is 0 Å². The smallest absolute Gasteiger partial charge is 0.224 e. The maximum atomic E-state index is 12.0. The molecule has 17 heavy (non-hydrogen) atoms. The summed E-state index contributed by atoms with van der Waals surface area (Å²) in [7, 11) is 0. The average molecular weight is 236 g/mol. The van der Waals surface area contributed by atoms with Crippen molar-refractivity contribution in [2.75, 3.05) is 13.1 Å². The van der Waals surface area contributed by atoms with E-state index in [1.54, 1.807) is 10.9 Å². The van der Waals surface area contributed by atoms with E-state index in [-0.39, 0.29) is 11.9 Å². The number of aryl methyl sites for hydroxylation is 1. The number of likely N-dealkylation sites (tertiary alicyclic amines) is 1. The molecule has 0 spiro atoms. The summed E-state index contributed by atoms with van der Waals surface area (Å²) in [6.45, 7) is 4.34. The zero-order chi connectivity index (χ0) is 12.3. The minimum absolute atomic E-state index is 0.180. The molecule has 1 saturated heterocycles. The second-order valence-electron chi connectivity index (χ2n) is 4.77. The van der Waals surface area contributed by atoms with Gasteiger partial charge in [0.15, 0.2) is 0 Å². The fourth-order valence-electron chi connectivity index (χ4n) is 2.24. The molecule has 2 heterocycles. The first-order valence-corrected chi connectivity index (χ1v) is 6.17. The molecular formula is C12H20N4O. The summed E-state index contributed by atoms with van der Waals surface area (Å²) in [5.41, 5.74) is 5.86. The Balaban J connectivity index is 1.77. The van der Waals surface area contributed by atoms with Crippen molar-refractivity contribution in [1.29, 1.82) is 0 Å². The van der Waals surface area contributed by atoms with Gasteiger partial charge in [0.05, 0.1) is 0 Å². The lowest BCUT2D eigenvalue weighted by atomic mass is 10.0. The van der Waals surface area contributed by atoms with Gasteiger partial charge >= 0.3 is 0 Å². The van der Waals surface area contributed by atoms with Crippen molar-refractivity contribution in [3.8, 4) is 0 Å². The number of nitrogens with zero attached hydrogens (tertiary/aromatic N) is 3. The van der Waals surface area contributed by atoms with Gasteiger partial charge in [0.25, 0.3) is 0 Å². The van der Waals surface area contributed by atoms with Gasteiger partial charge in [0, 0.05) is 44.5 Å². The van der Waals surface area contributed by atoms with Crippen molar-refractivity contribution >= 4 is 5.91 Å². The van der Waals surface area contributed by atoms with Crippen LogP contribution in [-0.4, -0.2) is 39.7 Å². The predicted octanol–water partition coefficient (Wildman–Crippen LogP) is 0.469. The zero-order valence-electron chi connectivity index (χ0n) is 10.2. The van der Waals surface area contributed by atoms with Gasteiger partial charge in [0.1, 0.15) is 0 Å². The van der Waals surface area contributed by atoms with Crippen LogP contribution in [-0.2, 0) is 11.3 Å². The highest BCUT2D eigenvalue weighted by atomic mass is 16.2. The van der Waals surface area contributed by atoms with E-state index in [9.17, 15) is 4.79 Å². The molecule has 1 aromatic heterocycles. The molecule has 0 bridgehead atoms. The highest BCUT2D eigenvalue weighted by molar-refractivity contribution is 5.76. The second-order valence-corrected chi connectivity index (χ2v) is 4.77. The molecule has 5 nitrogen and oxygen atoms in total. The van der Waals surface area contributed by atoms with E-state index in [0.717, 1.165) is 19.5 Å². The lowest BCUT2D eigenvalue weighted by Gasteiger charge is -2.18. The van der Waals surface area contributed by atoms with Gasteiger partial charge in [-0.25, -0.2) is 0 Å². The number of amides is 1. The van der Waals surface area contributed by atoms with Crippen LogP contribution in [0, 0.1) is 5.92 Å². The number of aromatic nitrogens is 2. The first-order valence-electron chi connectivity index (χ1n) is 6.17. The number of nitrogens with two attached hydrogens (primary N) is 1. The van der Waals surface area contributed by atoms with Crippen molar-refractivity contribution in [3.63, 3.8) is 0 Å². The van der Waals surface area contributed by atoms with E-state index < -0.39 is 0 Å². The summed E-state index contributed by atoms with van der Waals surface area (Å²) in [4.78, 5) is 13.9. The number of rotatable bonds is 4. The summed E-state index contributed by atoms with van der Waals surface area (Å²) in [6.07, 6.45) is 5.16. The Labute approximate surface area is 102 Å². The average Bonchev–Trinajstić information content (AvgIpc) is 2.96. The van der Waals surface area contributed by atoms with Crippen LogP contribution in [0.15, 0.2) is 18.5 Å². The SMILES string of the molecule is CC(N)C1CCN(C(=O)CCn2cccn2)C1. The van der Waals surface area contributed by atoms with Crippen LogP contribution in [0.25, 0.3) is 0 Å².